The Bertz CT molecular complexity index is 1660. The largest absolute Gasteiger partial charge is 0.493 e. The van der Waals surface area contributed by atoms with Crippen LogP contribution in [0.2, 0.25) is 0 Å². The predicted molar refractivity (Wildman–Crippen MR) is 170 cm³/mol. The number of amides is 2. The highest BCUT2D eigenvalue weighted by atomic mass is 16.5. The number of benzene rings is 2. The van der Waals surface area contributed by atoms with Crippen LogP contribution in [0.1, 0.15) is 53.7 Å². The van der Waals surface area contributed by atoms with Gasteiger partial charge in [-0.05, 0) is 56.5 Å². The van der Waals surface area contributed by atoms with Gasteiger partial charge in [0.15, 0.2) is 11.5 Å². The number of nitrogens with zero attached hydrogens (tertiary/aromatic N) is 6. The fourth-order valence-electron chi connectivity index (χ4n) is 6.94. The molecule has 0 radical (unpaired) electrons. The van der Waals surface area contributed by atoms with E-state index < -0.39 is 0 Å². The van der Waals surface area contributed by atoms with Crippen molar-refractivity contribution in [3.8, 4) is 11.5 Å². The third kappa shape index (κ3) is 5.54. The molecule has 10 heteroatoms. The minimum atomic E-state index is -0.355. The predicted octanol–water partition coefficient (Wildman–Crippen LogP) is 4.49. The number of allylic oxidation sites excluding steroid dienone is 2. The average molecular weight is 607 g/mol. The lowest BCUT2D eigenvalue weighted by atomic mass is 9.75. The van der Waals surface area contributed by atoms with Crippen molar-refractivity contribution >= 4 is 23.3 Å². The molecule has 3 aromatic rings. The molecule has 232 valence electrons. The van der Waals surface area contributed by atoms with Crippen LogP contribution in [0, 0.1) is 11.8 Å². The van der Waals surface area contributed by atoms with Gasteiger partial charge < -0.3 is 19.3 Å². The van der Waals surface area contributed by atoms with Gasteiger partial charge in [0.05, 0.1) is 31.5 Å². The highest BCUT2D eigenvalue weighted by Crippen LogP contribution is 2.46. The number of hydrazone groups is 1. The van der Waals surface area contributed by atoms with Crippen molar-refractivity contribution in [3.05, 3.63) is 89.4 Å². The van der Waals surface area contributed by atoms with Crippen LogP contribution in [-0.4, -0.2) is 76.3 Å². The van der Waals surface area contributed by atoms with Crippen LogP contribution in [0.15, 0.2) is 72.2 Å². The van der Waals surface area contributed by atoms with Gasteiger partial charge >= 0.3 is 0 Å². The number of hydrogen-bond acceptors (Lipinski definition) is 8. The quantitative estimate of drug-likeness (QED) is 0.381. The smallest absolute Gasteiger partial charge is 0.253 e. The Morgan fingerprint density at radius 2 is 1.76 bits per heavy atom. The SMILES string of the molecule is COc1ccc(C2=NN(Cc3ccc(C(=O)N4CCN(c5cnccn5)CC4)cc3)C(=O)[C@@H]3CC=CC[C@H]23)c2c1OC(C)(C)C2. The lowest BCUT2D eigenvalue weighted by molar-refractivity contribution is -0.138. The molecule has 45 heavy (non-hydrogen) atoms. The summed E-state index contributed by atoms with van der Waals surface area (Å²) in [6, 6.07) is 11.6. The van der Waals surface area contributed by atoms with E-state index in [0.717, 1.165) is 46.8 Å². The Hall–Kier alpha value is -4.73. The summed E-state index contributed by atoms with van der Waals surface area (Å²) >= 11 is 0. The minimum Gasteiger partial charge on any atom is -0.493 e. The Balaban J connectivity index is 1.10. The molecule has 0 saturated carbocycles. The summed E-state index contributed by atoms with van der Waals surface area (Å²) in [5.74, 6) is 2.19. The molecule has 4 aliphatic rings. The van der Waals surface area contributed by atoms with Crippen LogP contribution in [0.3, 0.4) is 0 Å². The molecular weight excluding hydrogens is 568 g/mol. The molecule has 1 fully saturated rings. The zero-order valence-electron chi connectivity index (χ0n) is 26.0. The van der Waals surface area contributed by atoms with E-state index in [0.29, 0.717) is 50.5 Å². The van der Waals surface area contributed by atoms with E-state index in [-0.39, 0.29) is 29.3 Å². The van der Waals surface area contributed by atoms with Gasteiger partial charge in [-0.2, -0.15) is 5.10 Å². The Labute approximate surface area is 263 Å². The van der Waals surface area contributed by atoms with Crippen molar-refractivity contribution in [1.29, 1.82) is 0 Å². The van der Waals surface area contributed by atoms with Crippen molar-refractivity contribution in [3.63, 3.8) is 0 Å². The van der Waals surface area contributed by atoms with E-state index in [1.807, 2.05) is 35.2 Å². The molecule has 0 unspecified atom stereocenters. The zero-order valence-corrected chi connectivity index (χ0v) is 26.0. The number of fused-ring (bicyclic) bond motifs is 2. The normalized spacial score (nSPS) is 22.0. The number of rotatable bonds is 6. The molecule has 7 rings (SSSR count). The Kier molecular flexibility index (Phi) is 7.51. The zero-order chi connectivity index (χ0) is 31.1. The first-order valence-electron chi connectivity index (χ1n) is 15.6. The summed E-state index contributed by atoms with van der Waals surface area (Å²) in [6.07, 6.45) is 11.6. The van der Waals surface area contributed by atoms with Crippen molar-refractivity contribution in [2.24, 2.45) is 16.9 Å². The van der Waals surface area contributed by atoms with E-state index in [4.69, 9.17) is 14.6 Å². The highest BCUT2D eigenvalue weighted by Gasteiger charge is 2.43. The number of aromatic nitrogens is 2. The van der Waals surface area contributed by atoms with Crippen molar-refractivity contribution < 1.29 is 19.1 Å². The van der Waals surface area contributed by atoms with E-state index in [1.54, 1.807) is 30.7 Å². The first-order chi connectivity index (χ1) is 21.8. The second-order valence-corrected chi connectivity index (χ2v) is 12.7. The molecule has 10 nitrogen and oxygen atoms in total. The number of anilines is 1. The third-order valence-electron chi connectivity index (χ3n) is 9.26. The number of methoxy groups -OCH3 is 1. The van der Waals surface area contributed by atoms with Crippen LogP contribution < -0.4 is 14.4 Å². The molecular formula is C35H38N6O4. The second kappa shape index (κ2) is 11.6. The molecule has 1 saturated heterocycles. The lowest BCUT2D eigenvalue weighted by Crippen LogP contribution is -2.49. The van der Waals surface area contributed by atoms with Gasteiger partial charge in [-0.1, -0.05) is 24.3 Å². The first kappa shape index (κ1) is 29.0. The first-order valence-corrected chi connectivity index (χ1v) is 15.6. The summed E-state index contributed by atoms with van der Waals surface area (Å²) in [4.78, 5) is 39.6. The van der Waals surface area contributed by atoms with Crippen LogP contribution in [0.4, 0.5) is 5.82 Å². The van der Waals surface area contributed by atoms with Gasteiger partial charge in [0.1, 0.15) is 11.4 Å². The van der Waals surface area contributed by atoms with Crippen LogP contribution in [0.5, 0.6) is 11.5 Å². The third-order valence-corrected chi connectivity index (χ3v) is 9.26. The highest BCUT2D eigenvalue weighted by molar-refractivity contribution is 6.08. The van der Waals surface area contributed by atoms with Crippen molar-refractivity contribution in [1.82, 2.24) is 19.9 Å². The Morgan fingerprint density at radius 3 is 2.47 bits per heavy atom. The van der Waals surface area contributed by atoms with Gasteiger partial charge in [0.2, 0.25) is 5.91 Å². The van der Waals surface area contributed by atoms with Gasteiger partial charge in [-0.3, -0.25) is 14.6 Å². The molecule has 2 aromatic carbocycles. The molecule has 0 bridgehead atoms. The summed E-state index contributed by atoms with van der Waals surface area (Å²) in [7, 11) is 1.66. The topological polar surface area (TPSA) is 100 Å². The van der Waals surface area contributed by atoms with E-state index >= 15 is 0 Å². The molecule has 1 aromatic heterocycles. The van der Waals surface area contributed by atoms with Crippen molar-refractivity contribution in [2.45, 2.75) is 45.3 Å². The summed E-state index contributed by atoms with van der Waals surface area (Å²) in [6.45, 7) is 7.14. The Morgan fingerprint density at radius 1 is 1.00 bits per heavy atom. The fourth-order valence-corrected chi connectivity index (χ4v) is 6.94. The monoisotopic (exact) mass is 606 g/mol. The number of ether oxygens (including phenoxy) is 2. The summed E-state index contributed by atoms with van der Waals surface area (Å²) < 4.78 is 11.9. The summed E-state index contributed by atoms with van der Waals surface area (Å²) in [5.41, 5.74) is 4.24. The maximum Gasteiger partial charge on any atom is 0.253 e. The maximum absolute atomic E-state index is 13.8. The summed E-state index contributed by atoms with van der Waals surface area (Å²) in [5, 5.41) is 6.66. The number of piperazine rings is 1. The van der Waals surface area contributed by atoms with Crippen LogP contribution >= 0.6 is 0 Å². The molecule has 2 amide bonds. The number of carbonyl (C=O) groups excluding carboxylic acids is 2. The maximum atomic E-state index is 13.8. The van der Waals surface area contributed by atoms with E-state index in [1.165, 1.54) is 0 Å². The van der Waals surface area contributed by atoms with Gasteiger partial charge in [0.25, 0.3) is 5.91 Å². The molecule has 0 spiro atoms. The number of carbonyl (C=O) groups is 2. The van der Waals surface area contributed by atoms with Crippen molar-refractivity contribution in [2.75, 3.05) is 38.2 Å². The molecule has 4 heterocycles. The number of hydrogen-bond donors (Lipinski definition) is 0. The minimum absolute atomic E-state index is 0.00467. The van der Waals surface area contributed by atoms with Crippen LogP contribution in [0.25, 0.3) is 0 Å². The average Bonchev–Trinajstić information content (AvgIpc) is 3.41. The van der Waals surface area contributed by atoms with Gasteiger partial charge in [-0.15, -0.1) is 0 Å². The van der Waals surface area contributed by atoms with E-state index in [2.05, 4.69) is 46.9 Å². The standard InChI is InChI=1S/C35H38N6O4/c1-35(2)20-28-26(12-13-29(44-3)32(28)45-35)31-25-6-4-5-7-27(25)34(43)41(38-31)22-23-8-10-24(11-9-23)33(42)40-18-16-39(17-19-40)30-21-36-14-15-37-30/h4-5,8-15,21,25,27H,6-7,16-20,22H2,1-3H3/t25-,27+/m0/s1. The van der Waals surface area contributed by atoms with Crippen LogP contribution in [-0.2, 0) is 17.8 Å². The second-order valence-electron chi connectivity index (χ2n) is 12.7. The van der Waals surface area contributed by atoms with E-state index in [9.17, 15) is 9.59 Å². The molecule has 3 aliphatic heterocycles. The molecule has 1 aliphatic carbocycles. The molecule has 2 atom stereocenters. The lowest BCUT2D eigenvalue weighted by Gasteiger charge is -2.37. The fraction of sp³-hybridized carbons (Fsp3) is 0.400. The van der Waals surface area contributed by atoms with Gasteiger partial charge in [0, 0.05) is 67.6 Å². The molecule has 0 N–H and O–H groups in total. The van der Waals surface area contributed by atoms with Gasteiger partial charge in [-0.25, -0.2) is 9.99 Å².